The average Bonchev–Trinajstić information content (AvgIpc) is 1.82. The van der Waals surface area contributed by atoms with Gasteiger partial charge in [-0.2, -0.15) is 0 Å². The summed E-state index contributed by atoms with van der Waals surface area (Å²) in [6.45, 7) is -0.203. The number of hydrogen-bond acceptors (Lipinski definition) is 3. The van der Waals surface area contributed by atoms with Crippen molar-refractivity contribution in [3.63, 3.8) is 0 Å². The van der Waals surface area contributed by atoms with Crippen LogP contribution in [0.1, 0.15) is 0 Å². The van der Waals surface area contributed by atoms with Gasteiger partial charge in [-0.3, -0.25) is 4.79 Å². The second-order valence-electron chi connectivity index (χ2n) is 1.36. The van der Waals surface area contributed by atoms with Crippen LogP contribution < -0.4 is 5.73 Å². The molecule has 0 fully saturated rings. The van der Waals surface area contributed by atoms with Crippen LogP contribution in [0.15, 0.2) is 5.11 Å². The van der Waals surface area contributed by atoms with Gasteiger partial charge >= 0.3 is 5.97 Å². The third-order valence-electron chi connectivity index (χ3n) is 0.659. The van der Waals surface area contributed by atoms with Gasteiger partial charge in [-0.05, 0) is 5.53 Å². The fourth-order valence-electron chi connectivity index (χ4n) is 0.203. The molecule has 8 heteroatoms. The van der Waals surface area contributed by atoms with E-state index in [0.717, 1.165) is 0 Å². The highest BCUT2D eigenvalue weighted by Crippen LogP contribution is 1.79. The van der Waals surface area contributed by atoms with E-state index in [2.05, 4.69) is 10.0 Å². The van der Waals surface area contributed by atoms with Crippen LogP contribution >= 0.6 is 12.4 Å². The maximum atomic E-state index is 9.90. The van der Waals surface area contributed by atoms with E-state index in [-0.39, 0.29) is 24.4 Å². The lowest BCUT2D eigenvalue weighted by molar-refractivity contribution is -0.138. The molecule has 0 aromatic heterocycles. The zero-order valence-corrected chi connectivity index (χ0v) is 6.28. The molecule has 1 atom stereocenters. The number of halogens is 1. The molecule has 0 aliphatic rings. The van der Waals surface area contributed by atoms with E-state index in [0.29, 0.717) is 0 Å². The van der Waals surface area contributed by atoms with E-state index in [1.54, 1.807) is 0 Å². The van der Waals surface area contributed by atoms with E-state index in [9.17, 15) is 4.79 Å². The number of nitrogens with zero attached hydrogens (tertiary/aromatic N) is 3. The molecule has 0 saturated carbocycles. The van der Waals surface area contributed by atoms with Crippen LogP contribution in [0, 0.1) is 0 Å². The zero-order valence-electron chi connectivity index (χ0n) is 5.47. The van der Waals surface area contributed by atoms with Crippen LogP contribution in [-0.2, 0) is 4.79 Å². The van der Waals surface area contributed by atoms with Gasteiger partial charge in [-0.1, -0.05) is 5.11 Å². The first kappa shape index (κ1) is 16.5. The summed E-state index contributed by atoms with van der Waals surface area (Å²) in [4.78, 5) is 12.2. The molecule has 0 rings (SSSR count). The molecule has 0 amide bonds. The van der Waals surface area contributed by atoms with Crippen LogP contribution in [0.2, 0.25) is 0 Å². The van der Waals surface area contributed by atoms with E-state index in [4.69, 9.17) is 16.4 Å². The topological polar surface area (TPSA) is 144 Å². The van der Waals surface area contributed by atoms with Crippen LogP contribution in [0.3, 0.4) is 0 Å². The Kier molecular flexibility index (Phi) is 13.5. The molecule has 0 saturated heterocycles. The molecule has 0 aromatic rings. The van der Waals surface area contributed by atoms with Crippen molar-refractivity contribution in [2.45, 2.75) is 6.04 Å². The monoisotopic (exact) mass is 184 g/mol. The molecule has 0 aromatic carbocycles. The van der Waals surface area contributed by atoms with E-state index >= 15 is 0 Å². The fourth-order valence-corrected chi connectivity index (χ4v) is 0.203. The summed E-state index contributed by atoms with van der Waals surface area (Å²) in [6.07, 6.45) is 0. The first-order valence-corrected chi connectivity index (χ1v) is 2.17. The van der Waals surface area contributed by atoms with E-state index < -0.39 is 12.0 Å². The lowest BCUT2D eigenvalue weighted by Crippen LogP contribution is -2.32. The average molecular weight is 185 g/mol. The molecule has 0 aliphatic carbocycles. The summed E-state index contributed by atoms with van der Waals surface area (Å²) < 4.78 is 0. The minimum atomic E-state index is -1.16. The second-order valence-corrected chi connectivity index (χ2v) is 1.36. The molecule has 11 heavy (non-hydrogen) atoms. The quantitative estimate of drug-likeness (QED) is 0.340. The highest BCUT2D eigenvalue weighted by atomic mass is 35.5. The number of azide groups is 1. The van der Waals surface area contributed by atoms with Gasteiger partial charge < -0.3 is 16.3 Å². The van der Waals surface area contributed by atoms with Crippen molar-refractivity contribution in [3.05, 3.63) is 10.4 Å². The summed E-state index contributed by atoms with van der Waals surface area (Å²) in [5.74, 6) is -1.16. The van der Waals surface area contributed by atoms with Crippen molar-refractivity contribution < 1.29 is 15.4 Å². The summed E-state index contributed by atoms with van der Waals surface area (Å²) in [6, 6.07) is -1.08. The Morgan fingerprint density at radius 2 is 2.27 bits per heavy atom. The third-order valence-corrected chi connectivity index (χ3v) is 0.659. The number of nitrogens with two attached hydrogens (primary N) is 1. The van der Waals surface area contributed by atoms with Gasteiger partial charge in [0.05, 0.1) is 6.54 Å². The van der Waals surface area contributed by atoms with Crippen LogP contribution in [0.5, 0.6) is 0 Å². The standard InChI is InChI=1S/C3H6N4O2.ClH.H2O/c4-2(3(8)9)1-6-7-5;;/h2H,1,4H2,(H,8,9);1H;1H2/t2-;;/m0../s1. The van der Waals surface area contributed by atoms with Crippen molar-refractivity contribution in [2.24, 2.45) is 10.8 Å². The minimum Gasteiger partial charge on any atom is -0.480 e. The SMILES string of the molecule is Cl.O.[N-]=[N+]=NC[C@H](N)C(=O)O. The lowest BCUT2D eigenvalue weighted by atomic mass is 10.3. The lowest BCUT2D eigenvalue weighted by Gasteiger charge is -1.97. The Labute approximate surface area is 68.5 Å². The number of carboxylic acid groups (broad SMARTS) is 1. The zero-order chi connectivity index (χ0) is 7.28. The van der Waals surface area contributed by atoms with Crippen LogP contribution in [-0.4, -0.2) is 29.1 Å². The molecule has 0 aliphatic heterocycles. The maximum absolute atomic E-state index is 9.90. The van der Waals surface area contributed by atoms with Gasteiger partial charge in [0.25, 0.3) is 0 Å². The number of hydrogen-bond donors (Lipinski definition) is 2. The highest BCUT2D eigenvalue weighted by molar-refractivity contribution is 5.85. The maximum Gasteiger partial charge on any atom is 0.320 e. The van der Waals surface area contributed by atoms with E-state index in [1.165, 1.54) is 0 Å². The summed E-state index contributed by atoms with van der Waals surface area (Å²) in [7, 11) is 0. The number of aliphatic carboxylic acids is 1. The van der Waals surface area contributed by atoms with Gasteiger partial charge in [0.15, 0.2) is 0 Å². The van der Waals surface area contributed by atoms with Gasteiger partial charge in [0.1, 0.15) is 6.04 Å². The van der Waals surface area contributed by atoms with Gasteiger partial charge in [0.2, 0.25) is 0 Å². The first-order valence-electron chi connectivity index (χ1n) is 2.17. The smallest absolute Gasteiger partial charge is 0.320 e. The molecular weight excluding hydrogens is 176 g/mol. The Hall–Kier alpha value is -1.01. The first-order chi connectivity index (χ1) is 4.18. The molecule has 0 bridgehead atoms. The minimum absolute atomic E-state index is 0. The molecule has 66 valence electrons. The van der Waals surface area contributed by atoms with E-state index in [1.807, 2.05) is 0 Å². The molecular formula is C3H9ClN4O3. The summed E-state index contributed by atoms with van der Waals surface area (Å²) in [5.41, 5.74) is 12.6. The normalized spacial score (nSPS) is 9.55. The Morgan fingerprint density at radius 1 is 1.82 bits per heavy atom. The molecule has 7 nitrogen and oxygen atoms in total. The number of rotatable bonds is 3. The summed E-state index contributed by atoms with van der Waals surface area (Å²) in [5, 5.41) is 11.1. The molecule has 0 spiro atoms. The largest absolute Gasteiger partial charge is 0.480 e. The fraction of sp³-hybridized carbons (Fsp3) is 0.667. The van der Waals surface area contributed by atoms with Gasteiger partial charge in [-0.15, -0.1) is 12.4 Å². The molecule has 5 N–H and O–H groups in total. The van der Waals surface area contributed by atoms with Crippen molar-refractivity contribution >= 4 is 18.4 Å². The Balaban J connectivity index is -0.000000320. The van der Waals surface area contributed by atoms with Gasteiger partial charge in [-0.25, -0.2) is 0 Å². The van der Waals surface area contributed by atoms with Gasteiger partial charge in [0, 0.05) is 4.91 Å². The molecule has 0 heterocycles. The second kappa shape index (κ2) is 8.99. The van der Waals surface area contributed by atoms with Crippen molar-refractivity contribution in [1.29, 1.82) is 0 Å². The Morgan fingerprint density at radius 3 is 2.55 bits per heavy atom. The summed E-state index contributed by atoms with van der Waals surface area (Å²) >= 11 is 0. The predicted octanol–water partition coefficient (Wildman–Crippen LogP) is -0.694. The molecule has 0 radical (unpaired) electrons. The van der Waals surface area contributed by atoms with Crippen molar-refractivity contribution in [2.75, 3.05) is 6.54 Å². The van der Waals surface area contributed by atoms with Crippen LogP contribution in [0.4, 0.5) is 0 Å². The van der Waals surface area contributed by atoms with Crippen molar-refractivity contribution in [3.8, 4) is 0 Å². The van der Waals surface area contributed by atoms with Crippen LogP contribution in [0.25, 0.3) is 10.4 Å². The predicted molar refractivity (Wildman–Crippen MR) is 40.5 cm³/mol. The number of carboxylic acids is 1. The Bertz CT molecular complexity index is 157. The van der Waals surface area contributed by atoms with Crippen molar-refractivity contribution in [1.82, 2.24) is 0 Å². The third kappa shape index (κ3) is 8.99. The molecule has 0 unspecified atom stereocenters. The number of carbonyl (C=O) groups is 1. The highest BCUT2D eigenvalue weighted by Gasteiger charge is 2.07.